The number of ether oxygens (including phenoxy) is 3. The summed E-state index contributed by atoms with van der Waals surface area (Å²) in [6, 6.07) is 3.48. The molecule has 142 valence electrons. The third kappa shape index (κ3) is 5.43. The van der Waals surface area contributed by atoms with Gasteiger partial charge in [-0.3, -0.25) is 25.0 Å². The lowest BCUT2D eigenvalue weighted by Crippen LogP contribution is -2.27. The standard InChI is InChI=1S/C16H20N2O8/c1-16(2,3)26-15(21)17-9-6-7-10(11(8-9)18(22)23)12(13(19)24-4)14(20)25-5/h6-8,12H,1-5H3,(H,17,21). The van der Waals surface area contributed by atoms with Crippen molar-refractivity contribution in [1.29, 1.82) is 0 Å². The molecule has 1 N–H and O–H groups in total. The minimum Gasteiger partial charge on any atom is -0.468 e. The molecule has 0 bridgehead atoms. The van der Waals surface area contributed by atoms with Crippen LogP contribution in [0, 0.1) is 10.1 Å². The highest BCUT2D eigenvalue weighted by molar-refractivity contribution is 6.02. The number of rotatable bonds is 5. The Kier molecular flexibility index (Phi) is 6.64. The van der Waals surface area contributed by atoms with Crippen LogP contribution in [0.1, 0.15) is 32.3 Å². The van der Waals surface area contributed by atoms with Gasteiger partial charge in [0.25, 0.3) is 5.69 Å². The van der Waals surface area contributed by atoms with E-state index in [0.29, 0.717) is 0 Å². The van der Waals surface area contributed by atoms with Crippen LogP contribution in [0.2, 0.25) is 0 Å². The molecule has 0 aliphatic heterocycles. The van der Waals surface area contributed by atoms with Crippen LogP contribution in [-0.4, -0.2) is 42.8 Å². The van der Waals surface area contributed by atoms with Gasteiger partial charge >= 0.3 is 18.0 Å². The highest BCUT2D eigenvalue weighted by Gasteiger charge is 2.36. The van der Waals surface area contributed by atoms with Crippen molar-refractivity contribution in [2.75, 3.05) is 19.5 Å². The summed E-state index contributed by atoms with van der Waals surface area (Å²) >= 11 is 0. The summed E-state index contributed by atoms with van der Waals surface area (Å²) < 4.78 is 14.1. The van der Waals surface area contributed by atoms with Gasteiger partial charge in [-0.15, -0.1) is 0 Å². The maximum atomic E-state index is 11.9. The third-order valence-corrected chi connectivity index (χ3v) is 3.06. The number of carbonyl (C=O) groups excluding carboxylic acids is 3. The maximum Gasteiger partial charge on any atom is 0.412 e. The zero-order valence-corrected chi connectivity index (χ0v) is 15.0. The molecule has 1 amide bonds. The van der Waals surface area contributed by atoms with Crippen molar-refractivity contribution in [3.63, 3.8) is 0 Å². The highest BCUT2D eigenvalue weighted by Crippen LogP contribution is 2.31. The van der Waals surface area contributed by atoms with Gasteiger partial charge in [0, 0.05) is 6.07 Å². The largest absolute Gasteiger partial charge is 0.468 e. The molecule has 1 aromatic rings. The monoisotopic (exact) mass is 368 g/mol. The molecule has 0 unspecified atom stereocenters. The second-order valence-corrected chi connectivity index (χ2v) is 6.14. The Labute approximate surface area is 149 Å². The van der Waals surface area contributed by atoms with Crippen molar-refractivity contribution in [2.24, 2.45) is 0 Å². The number of hydrogen-bond donors (Lipinski definition) is 1. The molecule has 0 heterocycles. The molecule has 0 aliphatic carbocycles. The van der Waals surface area contributed by atoms with E-state index in [-0.39, 0.29) is 11.3 Å². The molecular weight excluding hydrogens is 348 g/mol. The Hall–Kier alpha value is -3.17. The summed E-state index contributed by atoms with van der Waals surface area (Å²) in [5, 5.41) is 13.7. The van der Waals surface area contributed by atoms with Gasteiger partial charge in [0.05, 0.1) is 30.4 Å². The summed E-state index contributed by atoms with van der Waals surface area (Å²) in [4.78, 5) is 46.1. The molecule has 10 heteroatoms. The number of methoxy groups -OCH3 is 2. The Morgan fingerprint density at radius 3 is 2.08 bits per heavy atom. The first-order chi connectivity index (χ1) is 12.0. The van der Waals surface area contributed by atoms with E-state index >= 15 is 0 Å². The van der Waals surface area contributed by atoms with Crippen LogP contribution in [0.5, 0.6) is 0 Å². The predicted octanol–water partition coefficient (Wildman–Crippen LogP) is 2.37. The first-order valence-electron chi connectivity index (χ1n) is 7.44. The molecule has 10 nitrogen and oxygen atoms in total. The molecule has 0 fully saturated rings. The number of nitro benzene ring substituents is 1. The molecule has 1 rings (SSSR count). The van der Waals surface area contributed by atoms with Gasteiger partial charge in [-0.2, -0.15) is 0 Å². The fourth-order valence-corrected chi connectivity index (χ4v) is 2.03. The molecule has 0 saturated heterocycles. The van der Waals surface area contributed by atoms with Gasteiger partial charge in [0.2, 0.25) is 0 Å². The van der Waals surface area contributed by atoms with Crippen molar-refractivity contribution < 1.29 is 33.5 Å². The molecule has 0 saturated carbocycles. The summed E-state index contributed by atoms with van der Waals surface area (Å²) in [6.07, 6.45) is -0.808. The van der Waals surface area contributed by atoms with Crippen molar-refractivity contribution in [1.82, 2.24) is 0 Å². The van der Waals surface area contributed by atoms with Gasteiger partial charge in [0.1, 0.15) is 5.60 Å². The smallest absolute Gasteiger partial charge is 0.412 e. The van der Waals surface area contributed by atoms with Crippen molar-refractivity contribution in [3.8, 4) is 0 Å². The van der Waals surface area contributed by atoms with Gasteiger partial charge in [-0.25, -0.2) is 4.79 Å². The topological polar surface area (TPSA) is 134 Å². The van der Waals surface area contributed by atoms with Crippen LogP contribution in [0.3, 0.4) is 0 Å². The van der Waals surface area contributed by atoms with Crippen LogP contribution < -0.4 is 5.32 Å². The fraction of sp³-hybridized carbons (Fsp3) is 0.438. The van der Waals surface area contributed by atoms with Crippen LogP contribution in [0.15, 0.2) is 18.2 Å². The summed E-state index contributed by atoms with van der Waals surface area (Å²) in [5.74, 6) is -3.64. The van der Waals surface area contributed by atoms with Crippen molar-refractivity contribution >= 4 is 29.4 Å². The van der Waals surface area contributed by atoms with Crippen LogP contribution in [0.25, 0.3) is 0 Å². The first-order valence-corrected chi connectivity index (χ1v) is 7.44. The first kappa shape index (κ1) is 20.9. The van der Waals surface area contributed by atoms with Crippen molar-refractivity contribution in [2.45, 2.75) is 32.3 Å². The Morgan fingerprint density at radius 2 is 1.65 bits per heavy atom. The summed E-state index contributed by atoms with van der Waals surface area (Å²) in [7, 11) is 2.09. The average Bonchev–Trinajstić information content (AvgIpc) is 2.53. The Morgan fingerprint density at radius 1 is 1.12 bits per heavy atom. The number of nitrogens with zero attached hydrogens (tertiary/aromatic N) is 1. The fourth-order valence-electron chi connectivity index (χ4n) is 2.03. The lowest BCUT2D eigenvalue weighted by atomic mass is 9.97. The minimum absolute atomic E-state index is 0.0585. The predicted molar refractivity (Wildman–Crippen MR) is 89.7 cm³/mol. The lowest BCUT2D eigenvalue weighted by molar-refractivity contribution is -0.385. The van der Waals surface area contributed by atoms with Gasteiger partial charge < -0.3 is 14.2 Å². The number of carbonyl (C=O) groups is 3. The summed E-state index contributed by atoms with van der Waals surface area (Å²) in [5.41, 5.74) is -1.47. The van der Waals surface area contributed by atoms with Crippen molar-refractivity contribution in [3.05, 3.63) is 33.9 Å². The molecule has 0 aromatic heterocycles. The highest BCUT2D eigenvalue weighted by atomic mass is 16.6. The molecule has 0 radical (unpaired) electrons. The second kappa shape index (κ2) is 8.28. The minimum atomic E-state index is -1.62. The molecule has 0 aliphatic rings. The zero-order valence-electron chi connectivity index (χ0n) is 15.0. The second-order valence-electron chi connectivity index (χ2n) is 6.14. The molecule has 0 spiro atoms. The van der Waals surface area contributed by atoms with E-state index in [1.165, 1.54) is 12.1 Å². The molecule has 0 atom stereocenters. The van der Waals surface area contributed by atoms with E-state index < -0.39 is 40.2 Å². The number of nitro groups is 1. The normalized spacial score (nSPS) is 10.8. The quantitative estimate of drug-likeness (QED) is 0.275. The number of benzene rings is 1. The number of nitrogens with one attached hydrogen (secondary N) is 1. The van der Waals surface area contributed by atoms with Crippen LogP contribution in [0.4, 0.5) is 16.2 Å². The van der Waals surface area contributed by atoms with Gasteiger partial charge in [-0.05, 0) is 32.9 Å². The number of amides is 1. The van der Waals surface area contributed by atoms with E-state index in [9.17, 15) is 24.5 Å². The zero-order chi connectivity index (χ0) is 20.1. The molecule has 1 aromatic carbocycles. The molecule has 26 heavy (non-hydrogen) atoms. The van der Waals surface area contributed by atoms with E-state index in [4.69, 9.17) is 4.74 Å². The van der Waals surface area contributed by atoms with Gasteiger partial charge in [-0.1, -0.05) is 0 Å². The average molecular weight is 368 g/mol. The third-order valence-electron chi connectivity index (χ3n) is 3.06. The van der Waals surface area contributed by atoms with E-state index in [2.05, 4.69) is 14.8 Å². The lowest BCUT2D eigenvalue weighted by Gasteiger charge is -2.20. The SMILES string of the molecule is COC(=O)C(C(=O)OC)c1ccc(NC(=O)OC(C)(C)C)cc1[N+](=O)[O-]. The van der Waals surface area contributed by atoms with Crippen LogP contribution in [-0.2, 0) is 23.8 Å². The van der Waals surface area contributed by atoms with E-state index in [1.807, 2.05) is 0 Å². The van der Waals surface area contributed by atoms with Gasteiger partial charge in [0.15, 0.2) is 5.92 Å². The Bertz CT molecular complexity index is 707. The van der Waals surface area contributed by atoms with E-state index in [1.54, 1.807) is 20.8 Å². The number of anilines is 1. The Balaban J connectivity index is 3.27. The van der Waals surface area contributed by atoms with E-state index in [0.717, 1.165) is 20.3 Å². The maximum absolute atomic E-state index is 11.9. The van der Waals surface area contributed by atoms with Crippen LogP contribution >= 0.6 is 0 Å². The molecular formula is C16H20N2O8. The summed E-state index contributed by atoms with van der Waals surface area (Å²) in [6.45, 7) is 4.99. The number of esters is 2. The number of hydrogen-bond acceptors (Lipinski definition) is 8.